The Bertz CT molecular complexity index is 944. The lowest BCUT2D eigenvalue weighted by molar-refractivity contribution is -0.123. The average molecular weight is 439 g/mol. The quantitative estimate of drug-likeness (QED) is 0.623. The molecule has 2 N–H and O–H groups in total. The number of amides is 1. The molecule has 8 heteroatoms. The maximum Gasteiger partial charge on any atom is 0.258 e. The van der Waals surface area contributed by atoms with E-state index in [2.05, 4.69) is 10.0 Å². The third-order valence-electron chi connectivity index (χ3n) is 4.24. The fourth-order valence-corrected chi connectivity index (χ4v) is 4.00. The van der Waals surface area contributed by atoms with E-state index in [1.165, 1.54) is 12.1 Å². The summed E-state index contributed by atoms with van der Waals surface area (Å²) in [5.74, 6) is 0.395. The molecule has 0 fully saturated rings. The lowest BCUT2D eigenvalue weighted by atomic mass is 10.1. The lowest BCUT2D eigenvalue weighted by Crippen LogP contribution is -2.31. The fourth-order valence-electron chi connectivity index (χ4n) is 2.57. The molecule has 0 spiro atoms. The largest absolute Gasteiger partial charge is 0.484 e. The number of benzene rings is 2. The van der Waals surface area contributed by atoms with Crippen molar-refractivity contribution in [3.05, 3.63) is 58.6 Å². The van der Waals surface area contributed by atoms with Crippen molar-refractivity contribution in [1.82, 2.24) is 10.0 Å². The summed E-state index contributed by atoms with van der Waals surface area (Å²) in [7, 11) is -3.57. The molecule has 0 saturated heterocycles. The highest BCUT2D eigenvalue weighted by atomic mass is 35.5. The standard InChI is InChI=1S/C21H27ClN2O4S/c1-14(2)12-23-29(26,27)19-9-10-20(15(3)11-19)28-13-21(25)24-16(4)17-5-7-18(22)8-6-17/h5-11,14,16,23H,12-13H2,1-4H3,(H,24,25). The average Bonchev–Trinajstić information content (AvgIpc) is 2.66. The first-order chi connectivity index (χ1) is 13.6. The van der Waals surface area contributed by atoms with Crippen LogP contribution in [0.25, 0.3) is 0 Å². The van der Waals surface area contributed by atoms with Crippen LogP contribution in [0.2, 0.25) is 5.02 Å². The first kappa shape index (κ1) is 23.2. The van der Waals surface area contributed by atoms with Crippen molar-refractivity contribution in [1.29, 1.82) is 0 Å². The number of nitrogens with one attached hydrogen (secondary N) is 2. The molecule has 0 aromatic heterocycles. The molecule has 0 aliphatic heterocycles. The SMILES string of the molecule is Cc1cc(S(=O)(=O)NCC(C)C)ccc1OCC(=O)NC(C)c1ccc(Cl)cc1. The molecule has 1 atom stereocenters. The highest BCUT2D eigenvalue weighted by Crippen LogP contribution is 2.22. The molecule has 0 aliphatic carbocycles. The number of carbonyl (C=O) groups is 1. The third-order valence-corrected chi connectivity index (χ3v) is 5.92. The number of hydrogen-bond acceptors (Lipinski definition) is 4. The first-order valence-corrected chi connectivity index (χ1v) is 11.2. The summed E-state index contributed by atoms with van der Waals surface area (Å²) in [6, 6.07) is 11.6. The number of rotatable bonds is 9. The second-order valence-electron chi connectivity index (χ2n) is 7.30. The van der Waals surface area contributed by atoms with Crippen molar-refractivity contribution in [3.63, 3.8) is 0 Å². The van der Waals surface area contributed by atoms with Crippen molar-refractivity contribution in [2.45, 2.75) is 38.6 Å². The van der Waals surface area contributed by atoms with Gasteiger partial charge < -0.3 is 10.1 Å². The van der Waals surface area contributed by atoms with E-state index in [1.807, 2.05) is 32.9 Å². The highest BCUT2D eigenvalue weighted by Gasteiger charge is 2.16. The van der Waals surface area contributed by atoms with E-state index in [1.54, 1.807) is 25.1 Å². The normalized spacial score (nSPS) is 12.6. The molecule has 1 unspecified atom stereocenters. The lowest BCUT2D eigenvalue weighted by Gasteiger charge is -2.16. The zero-order chi connectivity index (χ0) is 21.6. The van der Waals surface area contributed by atoms with Gasteiger partial charge in [0.2, 0.25) is 10.0 Å². The second-order valence-corrected chi connectivity index (χ2v) is 9.51. The summed E-state index contributed by atoms with van der Waals surface area (Å²) in [5, 5.41) is 3.49. The van der Waals surface area contributed by atoms with Gasteiger partial charge >= 0.3 is 0 Å². The van der Waals surface area contributed by atoms with Gasteiger partial charge in [-0.05, 0) is 61.2 Å². The van der Waals surface area contributed by atoms with E-state index in [0.29, 0.717) is 22.9 Å². The summed E-state index contributed by atoms with van der Waals surface area (Å²) in [6.07, 6.45) is 0. The number of ether oxygens (including phenoxy) is 1. The molecule has 6 nitrogen and oxygen atoms in total. The zero-order valence-electron chi connectivity index (χ0n) is 17.0. The number of hydrogen-bond donors (Lipinski definition) is 2. The van der Waals surface area contributed by atoms with Gasteiger partial charge in [-0.3, -0.25) is 4.79 Å². The molecule has 2 aromatic rings. The second kappa shape index (κ2) is 10.1. The molecule has 0 heterocycles. The predicted octanol–water partition coefficient (Wildman–Crippen LogP) is 3.84. The molecule has 0 saturated carbocycles. The van der Waals surface area contributed by atoms with Crippen LogP contribution in [-0.2, 0) is 14.8 Å². The molecule has 158 valence electrons. The van der Waals surface area contributed by atoms with Crippen LogP contribution in [-0.4, -0.2) is 27.5 Å². The molecular weight excluding hydrogens is 412 g/mol. The Morgan fingerprint density at radius 1 is 1.10 bits per heavy atom. The topological polar surface area (TPSA) is 84.5 Å². The zero-order valence-corrected chi connectivity index (χ0v) is 18.6. The summed E-state index contributed by atoms with van der Waals surface area (Å²) >= 11 is 5.88. The van der Waals surface area contributed by atoms with Gasteiger partial charge in [0, 0.05) is 11.6 Å². The van der Waals surface area contributed by atoms with Crippen LogP contribution >= 0.6 is 11.6 Å². The van der Waals surface area contributed by atoms with Crippen molar-refractivity contribution in [2.24, 2.45) is 5.92 Å². The number of halogens is 1. The number of sulfonamides is 1. The van der Waals surface area contributed by atoms with E-state index in [9.17, 15) is 13.2 Å². The van der Waals surface area contributed by atoms with Gasteiger partial charge in [0.1, 0.15) is 5.75 Å². The van der Waals surface area contributed by atoms with Gasteiger partial charge in [0.15, 0.2) is 6.61 Å². The van der Waals surface area contributed by atoms with Gasteiger partial charge in [0.05, 0.1) is 10.9 Å². The van der Waals surface area contributed by atoms with Crippen LogP contribution in [0.1, 0.15) is 37.9 Å². The molecule has 29 heavy (non-hydrogen) atoms. The van der Waals surface area contributed by atoms with Crippen LogP contribution in [0.5, 0.6) is 5.75 Å². The van der Waals surface area contributed by atoms with E-state index >= 15 is 0 Å². The van der Waals surface area contributed by atoms with Gasteiger partial charge in [-0.1, -0.05) is 37.6 Å². The minimum Gasteiger partial charge on any atom is -0.484 e. The van der Waals surface area contributed by atoms with Gasteiger partial charge in [0.25, 0.3) is 5.91 Å². The Kier molecular flexibility index (Phi) is 8.07. The summed E-state index contributed by atoms with van der Waals surface area (Å²) in [4.78, 5) is 12.4. The predicted molar refractivity (Wildman–Crippen MR) is 115 cm³/mol. The number of carbonyl (C=O) groups excluding carboxylic acids is 1. The smallest absolute Gasteiger partial charge is 0.258 e. The van der Waals surface area contributed by atoms with Crippen LogP contribution in [0.4, 0.5) is 0 Å². The number of aryl methyl sites for hydroxylation is 1. The van der Waals surface area contributed by atoms with Crippen LogP contribution in [0.15, 0.2) is 47.4 Å². The van der Waals surface area contributed by atoms with E-state index in [0.717, 1.165) is 5.56 Å². The maximum atomic E-state index is 12.3. The summed E-state index contributed by atoms with van der Waals surface area (Å²) < 4.78 is 32.8. The maximum absolute atomic E-state index is 12.3. The Hall–Kier alpha value is -2.09. The van der Waals surface area contributed by atoms with Crippen LogP contribution in [0.3, 0.4) is 0 Å². The molecule has 0 aliphatic rings. The first-order valence-electron chi connectivity index (χ1n) is 9.36. The van der Waals surface area contributed by atoms with Crippen molar-refractivity contribution < 1.29 is 17.9 Å². The Morgan fingerprint density at radius 3 is 2.34 bits per heavy atom. The highest BCUT2D eigenvalue weighted by molar-refractivity contribution is 7.89. The van der Waals surface area contributed by atoms with Crippen molar-refractivity contribution >= 4 is 27.5 Å². The summed E-state index contributed by atoms with van der Waals surface area (Å²) in [6.45, 7) is 7.68. The minimum absolute atomic E-state index is 0.170. The van der Waals surface area contributed by atoms with Gasteiger partial charge in [-0.2, -0.15) is 0 Å². The molecule has 0 bridgehead atoms. The molecule has 0 radical (unpaired) electrons. The Labute approximate surface area is 177 Å². The fraction of sp³-hybridized carbons (Fsp3) is 0.381. The van der Waals surface area contributed by atoms with E-state index in [4.69, 9.17) is 16.3 Å². The third kappa shape index (κ3) is 7.03. The molecule has 2 rings (SSSR count). The van der Waals surface area contributed by atoms with Gasteiger partial charge in [-0.25, -0.2) is 13.1 Å². The molecule has 1 amide bonds. The van der Waals surface area contributed by atoms with E-state index < -0.39 is 10.0 Å². The van der Waals surface area contributed by atoms with E-state index in [-0.39, 0.29) is 29.4 Å². The van der Waals surface area contributed by atoms with Crippen molar-refractivity contribution in [2.75, 3.05) is 13.2 Å². The Morgan fingerprint density at radius 2 is 1.76 bits per heavy atom. The molecular formula is C21H27ClN2O4S. The van der Waals surface area contributed by atoms with Crippen LogP contribution < -0.4 is 14.8 Å². The minimum atomic E-state index is -3.57. The summed E-state index contributed by atoms with van der Waals surface area (Å²) in [5.41, 5.74) is 1.57. The van der Waals surface area contributed by atoms with Crippen molar-refractivity contribution in [3.8, 4) is 5.75 Å². The van der Waals surface area contributed by atoms with Crippen LogP contribution in [0, 0.1) is 12.8 Å². The van der Waals surface area contributed by atoms with Gasteiger partial charge in [-0.15, -0.1) is 0 Å². The monoisotopic (exact) mass is 438 g/mol. The Balaban J connectivity index is 1.95. The molecule has 2 aromatic carbocycles.